The molecule has 0 aromatic carbocycles. The highest BCUT2D eigenvalue weighted by Crippen LogP contribution is 1.98. The van der Waals surface area contributed by atoms with E-state index in [-0.39, 0.29) is 0 Å². The quantitative estimate of drug-likeness (QED) is 0.409. The third-order valence-corrected chi connectivity index (χ3v) is 0. The molecule has 1 N–H and O–H groups in total. The van der Waals surface area contributed by atoms with Gasteiger partial charge in [0.05, 0.1) is 0 Å². The van der Waals surface area contributed by atoms with Crippen LogP contribution in [0.1, 0.15) is 0 Å². The molecule has 0 amide bonds. The molecule has 0 aromatic rings. The SMILES string of the molecule is C=[PH](C)O. The van der Waals surface area contributed by atoms with Crippen LogP contribution in [0, 0.1) is 0 Å². The molecule has 0 spiro atoms. The lowest BCUT2D eigenvalue weighted by atomic mass is 11.9. The van der Waals surface area contributed by atoms with Gasteiger partial charge in [-0.15, -0.1) is 0 Å². The van der Waals surface area contributed by atoms with E-state index in [0.717, 1.165) is 0 Å². The van der Waals surface area contributed by atoms with Crippen LogP contribution in [0.15, 0.2) is 0 Å². The second-order valence-electron chi connectivity index (χ2n) is 0.735. The highest BCUT2D eigenvalue weighted by molar-refractivity contribution is 7.48. The van der Waals surface area contributed by atoms with Gasteiger partial charge in [0, 0.05) is 0 Å². The van der Waals surface area contributed by atoms with Crippen molar-refractivity contribution in [3.63, 3.8) is 0 Å². The van der Waals surface area contributed by atoms with Crippen molar-refractivity contribution in [3.05, 3.63) is 0 Å². The lowest BCUT2D eigenvalue weighted by Crippen LogP contribution is -1.37. The molecule has 1 atom stereocenters. The summed E-state index contributed by atoms with van der Waals surface area (Å²) in [5.41, 5.74) is 0. The summed E-state index contributed by atoms with van der Waals surface area (Å²) >= 11 is 0. The fraction of sp³-hybridized carbons (Fsp3) is 0.500. The Morgan fingerprint density at radius 3 is 2.00 bits per heavy atom. The van der Waals surface area contributed by atoms with Crippen molar-refractivity contribution < 1.29 is 4.89 Å². The van der Waals surface area contributed by atoms with Gasteiger partial charge in [0.2, 0.25) is 0 Å². The fourth-order valence-electron chi connectivity index (χ4n) is 0. The van der Waals surface area contributed by atoms with Crippen LogP contribution >= 0.6 is 7.77 Å². The second-order valence-corrected chi connectivity index (χ2v) is 2.21. The number of hydrogen-bond acceptors (Lipinski definition) is 1. The molecular weight excluding hydrogens is 71.0 g/mol. The summed E-state index contributed by atoms with van der Waals surface area (Å²) in [4.78, 5) is 8.05. The molecule has 4 heavy (non-hydrogen) atoms. The van der Waals surface area contributed by atoms with E-state index in [1.807, 2.05) is 0 Å². The summed E-state index contributed by atoms with van der Waals surface area (Å²) < 4.78 is 0. The molecule has 0 aliphatic carbocycles. The van der Waals surface area contributed by atoms with Gasteiger partial charge in [0.1, 0.15) is 0 Å². The third kappa shape index (κ3) is 53.1. The van der Waals surface area contributed by atoms with Crippen molar-refractivity contribution >= 4 is 14.1 Å². The molecule has 0 aliphatic rings. The largest absolute Gasteiger partial charge is 0.380 e. The fourth-order valence-corrected chi connectivity index (χ4v) is 0. The molecule has 0 fully saturated rings. The molecular formula is C2H7OP. The standard InChI is InChI=1S/C2H7OP/c1-4(2)3/h3-4H,1H2,2H3. The highest BCUT2D eigenvalue weighted by Gasteiger charge is 1.49. The van der Waals surface area contributed by atoms with Crippen LogP contribution in [0.4, 0.5) is 0 Å². The molecule has 0 saturated heterocycles. The first-order chi connectivity index (χ1) is 1.73. The van der Waals surface area contributed by atoms with E-state index in [4.69, 9.17) is 4.89 Å². The average molecular weight is 78.1 g/mol. The maximum absolute atomic E-state index is 8.05. The van der Waals surface area contributed by atoms with Gasteiger partial charge in [-0.2, -0.15) is 0 Å². The molecule has 0 bridgehead atoms. The zero-order valence-corrected chi connectivity index (χ0v) is 3.65. The van der Waals surface area contributed by atoms with E-state index < -0.39 is 7.77 Å². The van der Waals surface area contributed by atoms with Crippen LogP contribution in [0.3, 0.4) is 0 Å². The van der Waals surface area contributed by atoms with Crippen LogP contribution in [-0.4, -0.2) is 17.9 Å². The number of hydrogen-bond donors (Lipinski definition) is 1. The minimum absolute atomic E-state index is 1.13. The Labute approximate surface area is 26.7 Å². The minimum Gasteiger partial charge on any atom is -0.380 e. The Bertz CT molecular complexity index is 29.0. The summed E-state index contributed by atoms with van der Waals surface area (Å²) in [6.07, 6.45) is 3.30. The van der Waals surface area contributed by atoms with Crippen molar-refractivity contribution in [1.29, 1.82) is 0 Å². The van der Waals surface area contributed by atoms with Gasteiger partial charge in [-0.05, 0) is 14.4 Å². The Kier molecular flexibility index (Phi) is 1.67. The molecule has 2 heteroatoms. The summed E-state index contributed by atoms with van der Waals surface area (Å²) in [6.45, 7) is 1.71. The molecule has 0 heterocycles. The summed E-state index contributed by atoms with van der Waals surface area (Å²) in [7, 11) is -1.13. The van der Waals surface area contributed by atoms with E-state index in [1.165, 1.54) is 0 Å². The monoisotopic (exact) mass is 78.0 g/mol. The van der Waals surface area contributed by atoms with Crippen LogP contribution in [0.2, 0.25) is 0 Å². The Balaban J connectivity index is 2.80. The van der Waals surface area contributed by atoms with Gasteiger partial charge in [-0.3, -0.25) is 0 Å². The summed E-state index contributed by atoms with van der Waals surface area (Å²) in [6, 6.07) is 0. The Morgan fingerprint density at radius 2 is 2.00 bits per heavy atom. The van der Waals surface area contributed by atoms with Gasteiger partial charge in [0.15, 0.2) is 0 Å². The smallest absolute Gasteiger partial charge is 0.0170 e. The van der Waals surface area contributed by atoms with Gasteiger partial charge >= 0.3 is 0 Å². The molecule has 26 valence electrons. The molecule has 1 unspecified atom stereocenters. The lowest BCUT2D eigenvalue weighted by molar-refractivity contribution is 0.648. The van der Waals surface area contributed by atoms with Crippen LogP contribution in [0.25, 0.3) is 0 Å². The first-order valence-electron chi connectivity index (χ1n) is 1.08. The number of rotatable bonds is 0. The van der Waals surface area contributed by atoms with Gasteiger partial charge < -0.3 is 4.89 Å². The van der Waals surface area contributed by atoms with Crippen molar-refractivity contribution in [2.24, 2.45) is 0 Å². The van der Waals surface area contributed by atoms with E-state index in [1.54, 1.807) is 6.66 Å². The first-order valence-corrected chi connectivity index (χ1v) is 3.23. The van der Waals surface area contributed by atoms with Gasteiger partial charge in [0.25, 0.3) is 0 Å². The van der Waals surface area contributed by atoms with Crippen molar-refractivity contribution in [2.75, 3.05) is 6.66 Å². The van der Waals surface area contributed by atoms with Crippen molar-refractivity contribution in [1.82, 2.24) is 0 Å². The zero-order valence-electron chi connectivity index (χ0n) is 2.65. The summed E-state index contributed by atoms with van der Waals surface area (Å²) in [5, 5.41) is 0. The second kappa shape index (κ2) is 1.57. The van der Waals surface area contributed by atoms with E-state index in [9.17, 15) is 0 Å². The molecule has 1 nitrogen and oxygen atoms in total. The van der Waals surface area contributed by atoms with Crippen molar-refractivity contribution in [3.8, 4) is 0 Å². The Hall–Kier alpha value is 0.260. The highest BCUT2D eigenvalue weighted by atomic mass is 31.1. The maximum Gasteiger partial charge on any atom is -0.0170 e. The van der Waals surface area contributed by atoms with Crippen LogP contribution < -0.4 is 0 Å². The predicted molar refractivity (Wildman–Crippen MR) is 23.6 cm³/mol. The Morgan fingerprint density at radius 1 is 2.00 bits per heavy atom. The summed E-state index contributed by atoms with van der Waals surface area (Å²) in [5.74, 6) is 0. The van der Waals surface area contributed by atoms with E-state index in [2.05, 4.69) is 6.30 Å². The normalized spacial score (nSPS) is 15.5. The van der Waals surface area contributed by atoms with Crippen molar-refractivity contribution in [2.45, 2.75) is 0 Å². The molecule has 0 aliphatic heterocycles. The molecule has 0 rings (SSSR count). The van der Waals surface area contributed by atoms with E-state index in [0.29, 0.717) is 0 Å². The third-order valence-electron chi connectivity index (χ3n) is 0. The molecule has 0 aromatic heterocycles. The minimum atomic E-state index is -1.13. The van der Waals surface area contributed by atoms with Gasteiger partial charge in [-0.1, -0.05) is 6.30 Å². The lowest BCUT2D eigenvalue weighted by Gasteiger charge is -1.69. The van der Waals surface area contributed by atoms with E-state index >= 15 is 0 Å². The maximum atomic E-state index is 8.05. The first kappa shape index (κ1) is 4.26. The zero-order chi connectivity index (χ0) is 3.58. The van der Waals surface area contributed by atoms with Gasteiger partial charge in [-0.25, -0.2) is 0 Å². The predicted octanol–water partition coefficient (Wildman–Crippen LogP) is 0.170. The topological polar surface area (TPSA) is 20.2 Å². The van der Waals surface area contributed by atoms with Crippen LogP contribution in [-0.2, 0) is 0 Å². The molecule has 0 radical (unpaired) electrons. The van der Waals surface area contributed by atoms with Crippen LogP contribution in [0.5, 0.6) is 0 Å². The molecule has 0 saturated carbocycles. The average Bonchev–Trinajstić information content (AvgIpc) is 0.811.